The monoisotopic (exact) mass is 423 g/mol. The molecular formula is C24H29N3O4. The van der Waals surface area contributed by atoms with Crippen molar-refractivity contribution >= 4 is 17.4 Å². The van der Waals surface area contributed by atoms with Crippen LogP contribution in [0.5, 0.6) is 5.75 Å². The van der Waals surface area contributed by atoms with Gasteiger partial charge in [0.05, 0.1) is 18.7 Å². The molecule has 2 heterocycles. The van der Waals surface area contributed by atoms with Gasteiger partial charge in [-0.25, -0.2) is 0 Å². The van der Waals surface area contributed by atoms with Gasteiger partial charge in [-0.05, 0) is 62.0 Å². The van der Waals surface area contributed by atoms with Crippen LogP contribution in [-0.4, -0.2) is 64.9 Å². The van der Waals surface area contributed by atoms with Gasteiger partial charge in [-0.3, -0.25) is 14.6 Å². The van der Waals surface area contributed by atoms with Gasteiger partial charge in [0, 0.05) is 24.5 Å². The third-order valence-corrected chi connectivity index (χ3v) is 5.67. The fourth-order valence-electron chi connectivity index (χ4n) is 3.90. The van der Waals surface area contributed by atoms with Crippen molar-refractivity contribution in [2.45, 2.75) is 26.3 Å². The molecule has 3 rings (SSSR count). The lowest BCUT2D eigenvalue weighted by Gasteiger charge is -2.26. The van der Waals surface area contributed by atoms with E-state index in [0.717, 1.165) is 26.1 Å². The Morgan fingerprint density at radius 2 is 1.87 bits per heavy atom. The highest BCUT2D eigenvalue weighted by molar-refractivity contribution is 6.46. The summed E-state index contributed by atoms with van der Waals surface area (Å²) in [6, 6.07) is 9.65. The van der Waals surface area contributed by atoms with E-state index in [-0.39, 0.29) is 11.3 Å². The van der Waals surface area contributed by atoms with E-state index >= 15 is 0 Å². The first-order valence-corrected chi connectivity index (χ1v) is 10.6. The summed E-state index contributed by atoms with van der Waals surface area (Å²) in [6.07, 6.45) is 4.00. The Morgan fingerprint density at radius 3 is 2.45 bits per heavy atom. The van der Waals surface area contributed by atoms with Crippen LogP contribution in [0.25, 0.3) is 5.76 Å². The Labute approximate surface area is 183 Å². The van der Waals surface area contributed by atoms with E-state index < -0.39 is 17.7 Å². The number of methoxy groups -OCH3 is 1. The second-order valence-electron chi connectivity index (χ2n) is 7.39. The van der Waals surface area contributed by atoms with Crippen molar-refractivity contribution < 1.29 is 19.4 Å². The van der Waals surface area contributed by atoms with Crippen LogP contribution in [0.15, 0.2) is 54.4 Å². The standard InChI is InChI=1S/C24H29N3O4/c1-4-26(5-2)14-7-15-27-21(18-8-6-13-25-16-18)20(23(29)24(27)30)22(28)17-9-11-19(31-3)12-10-17/h6,8-13,16,21,28H,4-5,7,14-15H2,1-3H3/b22-20+/t21-/m1/s1. The molecule has 164 valence electrons. The van der Waals surface area contributed by atoms with Gasteiger partial charge in [0.1, 0.15) is 11.5 Å². The zero-order valence-corrected chi connectivity index (χ0v) is 18.2. The summed E-state index contributed by atoms with van der Waals surface area (Å²) in [6.45, 7) is 7.30. The zero-order valence-electron chi connectivity index (χ0n) is 18.2. The van der Waals surface area contributed by atoms with Gasteiger partial charge in [0.2, 0.25) is 0 Å². The average molecular weight is 424 g/mol. The number of carbonyl (C=O) groups excluding carboxylic acids is 2. The number of carbonyl (C=O) groups is 2. The molecule has 2 aromatic rings. The Kier molecular flexibility index (Phi) is 7.41. The number of aliphatic hydroxyl groups is 1. The molecule has 1 N–H and O–H groups in total. The van der Waals surface area contributed by atoms with Crippen LogP contribution in [0.2, 0.25) is 0 Å². The van der Waals surface area contributed by atoms with Crippen LogP contribution in [0.4, 0.5) is 0 Å². The molecule has 0 spiro atoms. The molecule has 1 aliphatic heterocycles. The Balaban J connectivity index is 1.98. The fraction of sp³-hybridized carbons (Fsp3) is 0.375. The van der Waals surface area contributed by atoms with Crippen LogP contribution in [0.1, 0.15) is 37.4 Å². The molecule has 31 heavy (non-hydrogen) atoms. The van der Waals surface area contributed by atoms with Crippen LogP contribution in [0, 0.1) is 0 Å². The van der Waals surface area contributed by atoms with Crippen LogP contribution < -0.4 is 4.74 Å². The minimum Gasteiger partial charge on any atom is -0.507 e. The third-order valence-electron chi connectivity index (χ3n) is 5.67. The molecule has 7 nitrogen and oxygen atoms in total. The van der Waals surface area contributed by atoms with Gasteiger partial charge in [-0.15, -0.1) is 0 Å². The molecule has 0 aliphatic carbocycles. The number of ether oxygens (including phenoxy) is 1. The minimum absolute atomic E-state index is 0.0889. The lowest BCUT2D eigenvalue weighted by atomic mass is 9.96. The normalized spacial score (nSPS) is 18.1. The topological polar surface area (TPSA) is 83.0 Å². The number of ketones is 1. The average Bonchev–Trinajstić information content (AvgIpc) is 3.07. The number of aromatic nitrogens is 1. The summed E-state index contributed by atoms with van der Waals surface area (Å²) in [7, 11) is 1.56. The van der Waals surface area contributed by atoms with Gasteiger partial charge in [0.25, 0.3) is 11.7 Å². The molecule has 7 heteroatoms. The quantitative estimate of drug-likeness (QED) is 0.379. The predicted octanol–water partition coefficient (Wildman–Crippen LogP) is 3.24. The third kappa shape index (κ3) is 4.77. The lowest BCUT2D eigenvalue weighted by molar-refractivity contribution is -0.140. The number of amides is 1. The number of pyridine rings is 1. The second kappa shape index (κ2) is 10.2. The number of hydrogen-bond acceptors (Lipinski definition) is 6. The van der Waals surface area contributed by atoms with Crippen molar-refractivity contribution in [3.8, 4) is 5.75 Å². The van der Waals surface area contributed by atoms with Crippen molar-refractivity contribution in [2.75, 3.05) is 33.3 Å². The Morgan fingerprint density at radius 1 is 1.16 bits per heavy atom. The van der Waals surface area contributed by atoms with Crippen molar-refractivity contribution in [1.29, 1.82) is 0 Å². The molecule has 0 radical (unpaired) electrons. The van der Waals surface area contributed by atoms with E-state index in [9.17, 15) is 14.7 Å². The highest BCUT2D eigenvalue weighted by Crippen LogP contribution is 2.39. The van der Waals surface area contributed by atoms with E-state index in [1.54, 1.807) is 54.7 Å². The summed E-state index contributed by atoms with van der Waals surface area (Å²) < 4.78 is 5.16. The van der Waals surface area contributed by atoms with E-state index in [0.29, 0.717) is 23.4 Å². The maximum absolute atomic E-state index is 13.0. The summed E-state index contributed by atoms with van der Waals surface area (Å²) in [5.74, 6) is -0.827. The van der Waals surface area contributed by atoms with Crippen LogP contribution in [-0.2, 0) is 9.59 Å². The van der Waals surface area contributed by atoms with Crippen molar-refractivity contribution in [2.24, 2.45) is 0 Å². The molecule has 1 amide bonds. The zero-order chi connectivity index (χ0) is 22.4. The number of aliphatic hydroxyl groups excluding tert-OH is 1. The summed E-state index contributed by atoms with van der Waals surface area (Å²) >= 11 is 0. The van der Waals surface area contributed by atoms with Gasteiger partial charge < -0.3 is 19.6 Å². The smallest absolute Gasteiger partial charge is 0.295 e. The maximum atomic E-state index is 13.0. The first-order valence-electron chi connectivity index (χ1n) is 10.6. The Hall–Kier alpha value is -3.19. The van der Waals surface area contributed by atoms with Crippen molar-refractivity contribution in [1.82, 2.24) is 14.8 Å². The first-order chi connectivity index (χ1) is 15.0. The number of rotatable bonds is 9. The molecule has 1 saturated heterocycles. The van der Waals surface area contributed by atoms with Gasteiger partial charge in [-0.2, -0.15) is 0 Å². The fourth-order valence-corrected chi connectivity index (χ4v) is 3.90. The van der Waals surface area contributed by atoms with Crippen molar-refractivity contribution in [3.05, 3.63) is 65.5 Å². The highest BCUT2D eigenvalue weighted by Gasteiger charge is 2.45. The highest BCUT2D eigenvalue weighted by atomic mass is 16.5. The number of nitrogens with zero attached hydrogens (tertiary/aromatic N) is 3. The molecule has 1 aromatic carbocycles. The van der Waals surface area contributed by atoms with E-state index in [2.05, 4.69) is 23.7 Å². The van der Waals surface area contributed by atoms with E-state index in [4.69, 9.17) is 4.74 Å². The lowest BCUT2D eigenvalue weighted by Crippen LogP contribution is -2.33. The van der Waals surface area contributed by atoms with Crippen molar-refractivity contribution in [3.63, 3.8) is 0 Å². The summed E-state index contributed by atoms with van der Waals surface area (Å²) in [5.41, 5.74) is 1.24. The number of benzene rings is 1. The maximum Gasteiger partial charge on any atom is 0.295 e. The largest absolute Gasteiger partial charge is 0.507 e. The Bertz CT molecular complexity index is 937. The SMILES string of the molecule is CCN(CC)CCCN1C(=O)C(=O)/C(=C(/O)c2ccc(OC)cc2)[C@H]1c1cccnc1. The van der Waals surface area contributed by atoms with E-state index in [1.165, 1.54) is 0 Å². The molecule has 0 unspecified atom stereocenters. The molecule has 0 saturated carbocycles. The predicted molar refractivity (Wildman–Crippen MR) is 119 cm³/mol. The second-order valence-corrected chi connectivity index (χ2v) is 7.39. The molecule has 0 bridgehead atoms. The molecule has 1 fully saturated rings. The summed E-state index contributed by atoms with van der Waals surface area (Å²) in [4.78, 5) is 33.9. The number of likely N-dealkylation sites (tertiary alicyclic amines) is 1. The van der Waals surface area contributed by atoms with Gasteiger partial charge >= 0.3 is 0 Å². The van der Waals surface area contributed by atoms with Crippen LogP contribution >= 0.6 is 0 Å². The first kappa shape index (κ1) is 22.5. The number of hydrogen-bond donors (Lipinski definition) is 1. The molecule has 1 aromatic heterocycles. The van der Waals surface area contributed by atoms with Crippen LogP contribution in [0.3, 0.4) is 0 Å². The molecule has 1 aliphatic rings. The van der Waals surface area contributed by atoms with Gasteiger partial charge in [0.15, 0.2) is 0 Å². The summed E-state index contributed by atoms with van der Waals surface area (Å²) in [5, 5.41) is 11.0. The molecular weight excluding hydrogens is 394 g/mol. The molecule has 1 atom stereocenters. The number of Topliss-reactive ketones (excluding diaryl/α,β-unsaturated/α-hetero) is 1. The van der Waals surface area contributed by atoms with Gasteiger partial charge in [-0.1, -0.05) is 19.9 Å². The van der Waals surface area contributed by atoms with E-state index in [1.807, 2.05) is 6.07 Å². The minimum atomic E-state index is -0.676.